The number of rotatable bonds is 6. The van der Waals surface area contributed by atoms with Gasteiger partial charge in [-0.05, 0) is 62.4 Å². The summed E-state index contributed by atoms with van der Waals surface area (Å²) < 4.78 is 25.8. The molecule has 0 atom stereocenters. The molecule has 1 fully saturated rings. The van der Waals surface area contributed by atoms with Gasteiger partial charge >= 0.3 is 0 Å². The van der Waals surface area contributed by atoms with Crippen LogP contribution in [0.1, 0.15) is 40.7 Å². The Hall–Kier alpha value is -2.34. The number of amides is 1. The summed E-state index contributed by atoms with van der Waals surface area (Å²) >= 11 is 0. The molecule has 27 heavy (non-hydrogen) atoms. The Bertz CT molecular complexity index is 892. The highest BCUT2D eigenvalue weighted by atomic mass is 32.2. The molecular weight excluding hydrogens is 360 g/mol. The maximum Gasteiger partial charge on any atom is 0.251 e. The van der Waals surface area contributed by atoms with Crippen molar-refractivity contribution in [3.8, 4) is 0 Å². The van der Waals surface area contributed by atoms with Gasteiger partial charge in [0.05, 0.1) is 11.4 Å². The Labute approximate surface area is 161 Å². The summed E-state index contributed by atoms with van der Waals surface area (Å²) in [6.45, 7) is 3.19. The minimum atomic E-state index is -3.22. The Balaban J connectivity index is 1.51. The van der Waals surface area contributed by atoms with Crippen LogP contribution in [0.4, 0.5) is 5.69 Å². The minimum Gasteiger partial charge on any atom is -0.352 e. The quantitative estimate of drug-likeness (QED) is 0.775. The molecule has 5 nitrogen and oxygen atoms in total. The first kappa shape index (κ1) is 19.4. The van der Waals surface area contributed by atoms with Gasteiger partial charge in [0.15, 0.2) is 0 Å². The lowest BCUT2D eigenvalue weighted by Gasteiger charge is -2.28. The molecule has 2 aromatic carbocycles. The SMILES string of the molecule is Cc1cccc(CCCNC(=O)c2ccc(N3CCCCS3(=O)=O)cc2)c1. The molecule has 3 rings (SSSR count). The molecule has 1 amide bonds. The van der Waals surface area contributed by atoms with E-state index in [9.17, 15) is 13.2 Å². The number of sulfonamides is 1. The molecular formula is C21H26N2O3S. The molecule has 0 aromatic heterocycles. The van der Waals surface area contributed by atoms with Crippen LogP contribution in [0.2, 0.25) is 0 Å². The highest BCUT2D eigenvalue weighted by molar-refractivity contribution is 7.92. The summed E-state index contributed by atoms with van der Waals surface area (Å²) in [5.41, 5.74) is 3.69. The fourth-order valence-electron chi connectivity index (χ4n) is 3.32. The van der Waals surface area contributed by atoms with E-state index < -0.39 is 10.0 Å². The van der Waals surface area contributed by atoms with E-state index in [1.165, 1.54) is 15.4 Å². The number of hydrogen-bond donors (Lipinski definition) is 1. The largest absolute Gasteiger partial charge is 0.352 e. The fraction of sp³-hybridized carbons (Fsp3) is 0.381. The van der Waals surface area contributed by atoms with E-state index in [-0.39, 0.29) is 11.7 Å². The maximum absolute atomic E-state index is 12.3. The van der Waals surface area contributed by atoms with Crippen LogP contribution in [0.5, 0.6) is 0 Å². The van der Waals surface area contributed by atoms with Crippen molar-refractivity contribution in [2.45, 2.75) is 32.6 Å². The smallest absolute Gasteiger partial charge is 0.251 e. The van der Waals surface area contributed by atoms with E-state index in [0.29, 0.717) is 30.8 Å². The summed E-state index contributed by atoms with van der Waals surface area (Å²) in [6.07, 6.45) is 3.37. The average molecular weight is 387 g/mol. The van der Waals surface area contributed by atoms with Gasteiger partial charge in [-0.15, -0.1) is 0 Å². The number of nitrogens with zero attached hydrogens (tertiary/aromatic N) is 1. The number of carbonyl (C=O) groups is 1. The van der Waals surface area contributed by atoms with Gasteiger partial charge in [0, 0.05) is 18.7 Å². The van der Waals surface area contributed by atoms with Gasteiger partial charge in [-0.25, -0.2) is 8.42 Å². The molecule has 1 aliphatic rings. The van der Waals surface area contributed by atoms with Gasteiger partial charge in [0.25, 0.3) is 5.91 Å². The molecule has 1 heterocycles. The van der Waals surface area contributed by atoms with Crippen LogP contribution in [0, 0.1) is 6.92 Å². The van der Waals surface area contributed by atoms with Crippen LogP contribution < -0.4 is 9.62 Å². The molecule has 1 saturated heterocycles. The van der Waals surface area contributed by atoms with Crippen LogP contribution in [-0.4, -0.2) is 33.2 Å². The zero-order valence-corrected chi connectivity index (χ0v) is 16.5. The number of benzene rings is 2. The normalized spacial score (nSPS) is 16.1. The first-order valence-electron chi connectivity index (χ1n) is 9.40. The lowest BCUT2D eigenvalue weighted by Crippen LogP contribution is -2.37. The number of aryl methyl sites for hydroxylation is 2. The van der Waals surface area contributed by atoms with E-state index in [2.05, 4.69) is 30.4 Å². The second-order valence-electron chi connectivity index (χ2n) is 6.99. The number of nitrogens with one attached hydrogen (secondary N) is 1. The average Bonchev–Trinajstić information content (AvgIpc) is 2.65. The van der Waals surface area contributed by atoms with E-state index in [1.807, 2.05) is 6.07 Å². The van der Waals surface area contributed by atoms with Crippen molar-refractivity contribution < 1.29 is 13.2 Å². The van der Waals surface area contributed by atoms with Gasteiger partial charge in [0.1, 0.15) is 0 Å². The van der Waals surface area contributed by atoms with E-state index in [1.54, 1.807) is 24.3 Å². The second kappa shape index (κ2) is 8.57. The molecule has 0 radical (unpaired) electrons. The maximum atomic E-state index is 12.3. The third kappa shape index (κ3) is 5.10. The van der Waals surface area contributed by atoms with Crippen molar-refractivity contribution in [1.29, 1.82) is 0 Å². The molecule has 0 saturated carbocycles. The molecule has 0 bridgehead atoms. The van der Waals surface area contributed by atoms with Gasteiger partial charge in [-0.1, -0.05) is 29.8 Å². The monoisotopic (exact) mass is 386 g/mol. The second-order valence-corrected chi connectivity index (χ2v) is 9.00. The van der Waals surface area contributed by atoms with Crippen LogP contribution in [-0.2, 0) is 16.4 Å². The van der Waals surface area contributed by atoms with Gasteiger partial charge in [-0.3, -0.25) is 9.10 Å². The summed E-state index contributed by atoms with van der Waals surface area (Å²) in [4.78, 5) is 12.3. The van der Waals surface area contributed by atoms with Crippen molar-refractivity contribution in [2.75, 3.05) is 23.1 Å². The lowest BCUT2D eigenvalue weighted by molar-refractivity contribution is 0.0953. The molecule has 0 spiro atoms. The third-order valence-electron chi connectivity index (χ3n) is 4.78. The molecule has 1 aliphatic heterocycles. The van der Waals surface area contributed by atoms with Crippen molar-refractivity contribution in [1.82, 2.24) is 5.32 Å². The molecule has 0 aliphatic carbocycles. The topological polar surface area (TPSA) is 66.5 Å². The summed E-state index contributed by atoms with van der Waals surface area (Å²) in [5, 5.41) is 2.93. The summed E-state index contributed by atoms with van der Waals surface area (Å²) in [7, 11) is -3.22. The molecule has 144 valence electrons. The summed E-state index contributed by atoms with van der Waals surface area (Å²) in [5.74, 6) is 0.0585. The Morgan fingerprint density at radius 1 is 1.11 bits per heavy atom. The zero-order valence-electron chi connectivity index (χ0n) is 15.6. The van der Waals surface area contributed by atoms with Crippen molar-refractivity contribution in [3.05, 3.63) is 65.2 Å². The molecule has 6 heteroatoms. The first-order chi connectivity index (χ1) is 13.0. The number of hydrogen-bond acceptors (Lipinski definition) is 3. The standard InChI is InChI=1S/C21H26N2O3S/c1-17-6-4-7-18(16-17)8-5-13-22-21(24)19-9-11-20(12-10-19)23-14-2-3-15-27(23,25)26/h4,6-7,9-12,16H,2-3,5,8,13-15H2,1H3,(H,22,24). The zero-order chi connectivity index (χ0) is 19.3. The van der Waals surface area contributed by atoms with Crippen LogP contribution in [0.25, 0.3) is 0 Å². The minimum absolute atomic E-state index is 0.132. The molecule has 1 N–H and O–H groups in total. The molecule has 2 aromatic rings. The number of carbonyl (C=O) groups excluding carboxylic acids is 1. The summed E-state index contributed by atoms with van der Waals surface area (Å²) in [6, 6.07) is 15.2. The highest BCUT2D eigenvalue weighted by Crippen LogP contribution is 2.23. The van der Waals surface area contributed by atoms with E-state index >= 15 is 0 Å². The van der Waals surface area contributed by atoms with E-state index in [0.717, 1.165) is 19.3 Å². The van der Waals surface area contributed by atoms with Gasteiger partial charge in [-0.2, -0.15) is 0 Å². The fourth-order valence-corrected chi connectivity index (χ4v) is 4.96. The molecule has 0 unspecified atom stereocenters. The van der Waals surface area contributed by atoms with Gasteiger partial charge in [0.2, 0.25) is 10.0 Å². The van der Waals surface area contributed by atoms with E-state index in [4.69, 9.17) is 0 Å². The van der Waals surface area contributed by atoms with Crippen molar-refractivity contribution >= 4 is 21.6 Å². The van der Waals surface area contributed by atoms with Gasteiger partial charge < -0.3 is 5.32 Å². The number of anilines is 1. The highest BCUT2D eigenvalue weighted by Gasteiger charge is 2.25. The lowest BCUT2D eigenvalue weighted by atomic mass is 10.1. The Morgan fingerprint density at radius 2 is 1.89 bits per heavy atom. The van der Waals surface area contributed by atoms with Crippen LogP contribution >= 0.6 is 0 Å². The predicted octanol–water partition coefficient (Wildman–Crippen LogP) is 3.29. The van der Waals surface area contributed by atoms with Crippen LogP contribution in [0.3, 0.4) is 0 Å². The predicted molar refractivity (Wildman–Crippen MR) is 109 cm³/mol. The van der Waals surface area contributed by atoms with Crippen LogP contribution in [0.15, 0.2) is 48.5 Å². The van der Waals surface area contributed by atoms with Crippen molar-refractivity contribution in [3.63, 3.8) is 0 Å². The van der Waals surface area contributed by atoms with Crippen molar-refractivity contribution in [2.24, 2.45) is 0 Å². The first-order valence-corrected chi connectivity index (χ1v) is 11.0. The Kier molecular flexibility index (Phi) is 6.16. The third-order valence-corrected chi connectivity index (χ3v) is 6.65. The Morgan fingerprint density at radius 3 is 2.59 bits per heavy atom.